The van der Waals surface area contributed by atoms with Crippen molar-refractivity contribution in [2.24, 2.45) is 10.7 Å². The second-order valence-corrected chi connectivity index (χ2v) is 8.39. The van der Waals surface area contributed by atoms with Gasteiger partial charge in [-0.15, -0.1) is 0 Å². The minimum Gasteiger partial charge on any atom is -0.369 e. The fourth-order valence-corrected chi connectivity index (χ4v) is 4.62. The number of aliphatic imine (C=N–C) groups is 1. The molecule has 0 unspecified atom stereocenters. The van der Waals surface area contributed by atoms with Crippen molar-refractivity contribution in [2.75, 3.05) is 0 Å². The van der Waals surface area contributed by atoms with E-state index in [2.05, 4.69) is 43.0 Å². The van der Waals surface area contributed by atoms with Crippen molar-refractivity contribution in [3.63, 3.8) is 0 Å². The van der Waals surface area contributed by atoms with Crippen molar-refractivity contribution in [3.05, 3.63) is 144 Å². The lowest BCUT2D eigenvalue weighted by atomic mass is 9.81. The molecule has 0 aliphatic carbocycles. The Morgan fingerprint density at radius 1 is 0.794 bits per heavy atom. The SMILES string of the molecule is C=C1N(Cc2cccc(-c3cccc(C=O)c3)c2)C(N)=NC1(c1ccccc1)c1ccccc1. The van der Waals surface area contributed by atoms with Gasteiger partial charge in [-0.1, -0.05) is 104 Å². The lowest BCUT2D eigenvalue weighted by molar-refractivity contribution is 0.112. The van der Waals surface area contributed by atoms with Gasteiger partial charge in [0, 0.05) is 5.56 Å². The highest BCUT2D eigenvalue weighted by atomic mass is 16.1. The van der Waals surface area contributed by atoms with Crippen molar-refractivity contribution in [3.8, 4) is 11.1 Å². The fourth-order valence-electron chi connectivity index (χ4n) is 4.62. The van der Waals surface area contributed by atoms with Crippen LogP contribution in [0.5, 0.6) is 0 Å². The molecule has 34 heavy (non-hydrogen) atoms. The Labute approximate surface area is 199 Å². The molecule has 0 amide bonds. The molecule has 0 aromatic heterocycles. The molecule has 0 spiro atoms. The molecular weight excluding hydrogens is 418 g/mol. The Morgan fingerprint density at radius 2 is 1.38 bits per heavy atom. The largest absolute Gasteiger partial charge is 0.369 e. The number of nitrogens with zero attached hydrogens (tertiary/aromatic N) is 2. The van der Waals surface area contributed by atoms with Gasteiger partial charge < -0.3 is 10.6 Å². The smallest absolute Gasteiger partial charge is 0.197 e. The number of guanidine groups is 1. The van der Waals surface area contributed by atoms with Crippen molar-refractivity contribution < 1.29 is 4.79 Å². The maximum absolute atomic E-state index is 11.2. The van der Waals surface area contributed by atoms with E-state index >= 15 is 0 Å². The van der Waals surface area contributed by atoms with Gasteiger partial charge in [-0.2, -0.15) is 0 Å². The minimum atomic E-state index is -0.775. The third-order valence-corrected chi connectivity index (χ3v) is 6.31. The predicted molar refractivity (Wildman–Crippen MR) is 137 cm³/mol. The number of hydrogen-bond acceptors (Lipinski definition) is 4. The number of hydrogen-bond donors (Lipinski definition) is 1. The van der Waals surface area contributed by atoms with E-state index in [1.807, 2.05) is 71.6 Å². The first-order chi connectivity index (χ1) is 16.6. The fraction of sp³-hybridized carbons (Fsp3) is 0.0667. The molecule has 1 aliphatic rings. The molecule has 1 aliphatic heterocycles. The number of benzene rings is 4. The van der Waals surface area contributed by atoms with Gasteiger partial charge >= 0.3 is 0 Å². The van der Waals surface area contributed by atoms with Crippen molar-refractivity contribution in [2.45, 2.75) is 12.1 Å². The molecule has 0 radical (unpaired) electrons. The van der Waals surface area contributed by atoms with Gasteiger partial charge in [0.05, 0.1) is 12.2 Å². The summed E-state index contributed by atoms with van der Waals surface area (Å²) < 4.78 is 0. The molecule has 0 saturated heterocycles. The molecule has 1 heterocycles. The third kappa shape index (κ3) is 3.69. The Morgan fingerprint density at radius 3 is 2.00 bits per heavy atom. The lowest BCUT2D eigenvalue weighted by Crippen LogP contribution is -2.34. The first-order valence-electron chi connectivity index (χ1n) is 11.2. The zero-order valence-electron chi connectivity index (χ0n) is 18.8. The van der Waals surface area contributed by atoms with Gasteiger partial charge in [0.2, 0.25) is 0 Å². The van der Waals surface area contributed by atoms with E-state index in [1.54, 1.807) is 6.07 Å². The molecule has 4 aromatic rings. The first-order valence-corrected chi connectivity index (χ1v) is 11.2. The van der Waals surface area contributed by atoms with Crippen molar-refractivity contribution in [1.29, 1.82) is 0 Å². The number of carbonyl (C=O) groups excluding carboxylic acids is 1. The van der Waals surface area contributed by atoms with Crippen molar-refractivity contribution in [1.82, 2.24) is 4.90 Å². The molecular formula is C30H25N3O. The molecule has 4 aromatic carbocycles. The van der Waals surface area contributed by atoms with Crippen LogP contribution < -0.4 is 5.73 Å². The molecule has 5 rings (SSSR count). The monoisotopic (exact) mass is 443 g/mol. The average molecular weight is 444 g/mol. The molecule has 166 valence electrons. The maximum Gasteiger partial charge on any atom is 0.197 e. The van der Waals surface area contributed by atoms with Gasteiger partial charge in [-0.05, 0) is 39.9 Å². The van der Waals surface area contributed by atoms with E-state index < -0.39 is 5.54 Å². The summed E-state index contributed by atoms with van der Waals surface area (Å²) >= 11 is 0. The zero-order valence-corrected chi connectivity index (χ0v) is 18.8. The quantitative estimate of drug-likeness (QED) is 0.386. The number of nitrogens with two attached hydrogens (primary N) is 1. The molecule has 0 fully saturated rings. The molecule has 4 heteroatoms. The topological polar surface area (TPSA) is 58.7 Å². The molecule has 4 nitrogen and oxygen atoms in total. The van der Waals surface area contributed by atoms with E-state index in [0.29, 0.717) is 18.1 Å². The van der Waals surface area contributed by atoms with E-state index in [0.717, 1.165) is 39.8 Å². The van der Waals surface area contributed by atoms with Crippen LogP contribution in [0, 0.1) is 0 Å². The van der Waals surface area contributed by atoms with Crippen LogP contribution in [0.3, 0.4) is 0 Å². The van der Waals surface area contributed by atoms with Gasteiger partial charge in [-0.3, -0.25) is 4.79 Å². The Bertz CT molecular complexity index is 1340. The number of carbonyl (C=O) groups is 1. The second kappa shape index (κ2) is 8.83. The van der Waals surface area contributed by atoms with Crippen LogP contribution >= 0.6 is 0 Å². The molecule has 0 bridgehead atoms. The average Bonchev–Trinajstić information content (AvgIpc) is 3.15. The van der Waals surface area contributed by atoms with E-state index in [9.17, 15) is 4.79 Å². The second-order valence-electron chi connectivity index (χ2n) is 8.39. The van der Waals surface area contributed by atoms with E-state index in [4.69, 9.17) is 10.7 Å². The number of aldehydes is 1. The number of rotatable bonds is 6. The summed E-state index contributed by atoms with van der Waals surface area (Å²) in [6.45, 7) is 5.02. The summed E-state index contributed by atoms with van der Waals surface area (Å²) in [5.74, 6) is 0.436. The van der Waals surface area contributed by atoms with Gasteiger partial charge in [0.15, 0.2) is 11.5 Å². The summed E-state index contributed by atoms with van der Waals surface area (Å²) in [6, 6.07) is 36.2. The van der Waals surface area contributed by atoms with Crippen LogP contribution in [0.2, 0.25) is 0 Å². The third-order valence-electron chi connectivity index (χ3n) is 6.31. The highest BCUT2D eigenvalue weighted by Crippen LogP contribution is 2.45. The normalized spacial score (nSPS) is 14.6. The van der Waals surface area contributed by atoms with Gasteiger partial charge in [0.25, 0.3) is 0 Å². The van der Waals surface area contributed by atoms with Crippen molar-refractivity contribution >= 4 is 12.2 Å². The zero-order chi connectivity index (χ0) is 23.5. The summed E-state index contributed by atoms with van der Waals surface area (Å²) in [7, 11) is 0. The summed E-state index contributed by atoms with van der Waals surface area (Å²) in [6.07, 6.45) is 0.867. The Balaban J connectivity index is 1.51. The first kappa shape index (κ1) is 21.4. The van der Waals surface area contributed by atoms with Gasteiger partial charge in [0.1, 0.15) is 6.29 Å². The standard InChI is InChI=1S/C30H25N3O/c1-22-30(27-14-4-2-5-15-27,28-16-6-3-7-17-28)32-29(31)33(22)20-23-10-8-12-25(18-23)26-13-9-11-24(19-26)21-34/h2-19,21H,1,20H2,(H2,31,32). The van der Waals surface area contributed by atoms with Gasteiger partial charge in [-0.25, -0.2) is 4.99 Å². The highest BCUT2D eigenvalue weighted by Gasteiger charge is 2.45. The summed E-state index contributed by atoms with van der Waals surface area (Å²) in [5, 5.41) is 0. The summed E-state index contributed by atoms with van der Waals surface area (Å²) in [4.78, 5) is 18.2. The van der Waals surface area contributed by atoms with Crippen LogP contribution in [-0.4, -0.2) is 17.1 Å². The molecule has 0 atom stereocenters. The minimum absolute atomic E-state index is 0.436. The molecule has 0 saturated carbocycles. The summed E-state index contributed by atoms with van der Waals surface area (Å²) in [5.41, 5.74) is 12.4. The van der Waals surface area contributed by atoms with Crippen LogP contribution in [0.25, 0.3) is 11.1 Å². The van der Waals surface area contributed by atoms with Crippen LogP contribution in [0.15, 0.2) is 126 Å². The highest BCUT2D eigenvalue weighted by molar-refractivity contribution is 5.85. The van der Waals surface area contributed by atoms with Crippen LogP contribution in [-0.2, 0) is 12.1 Å². The molecule has 2 N–H and O–H groups in total. The van der Waals surface area contributed by atoms with E-state index in [-0.39, 0.29) is 0 Å². The van der Waals surface area contributed by atoms with E-state index in [1.165, 1.54) is 0 Å². The lowest BCUT2D eigenvalue weighted by Gasteiger charge is -2.31. The Hall–Kier alpha value is -4.44. The maximum atomic E-state index is 11.2. The Kier molecular flexibility index (Phi) is 5.56. The van der Waals surface area contributed by atoms with Crippen LogP contribution in [0.4, 0.5) is 0 Å². The van der Waals surface area contributed by atoms with Crippen LogP contribution in [0.1, 0.15) is 27.0 Å². The predicted octanol–water partition coefficient (Wildman–Crippen LogP) is 5.75.